The lowest BCUT2D eigenvalue weighted by molar-refractivity contribution is -0.115. The molecule has 0 bridgehead atoms. The van der Waals surface area contributed by atoms with Crippen LogP contribution in [0.1, 0.15) is 25.7 Å². The summed E-state index contributed by atoms with van der Waals surface area (Å²) in [6, 6.07) is 0. The van der Waals surface area contributed by atoms with Crippen molar-refractivity contribution in [3.8, 4) is 0 Å². The quantitative estimate of drug-likeness (QED) is 0.695. The van der Waals surface area contributed by atoms with Gasteiger partial charge in [0.1, 0.15) is 0 Å². The first-order valence-electron chi connectivity index (χ1n) is 9.43. The fourth-order valence-electron chi connectivity index (χ4n) is 3.31. The minimum Gasteiger partial charge on any atom is -0.376 e. The van der Waals surface area contributed by atoms with Crippen molar-refractivity contribution in [3.05, 3.63) is 46.9 Å². The highest BCUT2D eigenvalue weighted by molar-refractivity contribution is 8.18. The van der Waals surface area contributed by atoms with E-state index in [1.807, 2.05) is 30.0 Å². The number of allylic oxidation sites excluding steroid dienone is 5. The molecule has 2 amide bonds. The van der Waals surface area contributed by atoms with Crippen LogP contribution in [-0.2, 0) is 9.53 Å². The Bertz CT molecular complexity index is 650. The summed E-state index contributed by atoms with van der Waals surface area (Å²) in [4.78, 5) is 25.7. The number of nitrogens with one attached hydrogen (secondary N) is 1. The van der Waals surface area contributed by atoms with Crippen LogP contribution < -0.4 is 5.32 Å². The van der Waals surface area contributed by atoms with Gasteiger partial charge in [0, 0.05) is 18.8 Å². The van der Waals surface area contributed by atoms with E-state index in [0.717, 1.165) is 62.9 Å². The third kappa shape index (κ3) is 6.90. The van der Waals surface area contributed by atoms with Gasteiger partial charge in [-0.15, -0.1) is 11.8 Å². The second kappa shape index (κ2) is 10.8. The molecule has 2 heterocycles. The number of imide groups is 1. The van der Waals surface area contributed by atoms with Crippen molar-refractivity contribution in [2.24, 2.45) is 5.92 Å². The van der Waals surface area contributed by atoms with Crippen LogP contribution in [0.25, 0.3) is 0 Å². The van der Waals surface area contributed by atoms with Gasteiger partial charge in [-0.3, -0.25) is 14.9 Å². The maximum atomic E-state index is 11.6. The predicted molar refractivity (Wildman–Crippen MR) is 112 cm³/mol. The molecule has 0 unspecified atom stereocenters. The summed E-state index contributed by atoms with van der Waals surface area (Å²) in [5.41, 5.74) is 0. The molecule has 0 atom stereocenters. The zero-order chi connectivity index (χ0) is 18.9. The highest BCUT2D eigenvalue weighted by Crippen LogP contribution is 2.32. The molecular weight excluding hydrogens is 380 g/mol. The molecule has 1 aliphatic carbocycles. The Morgan fingerprint density at radius 3 is 2.74 bits per heavy atom. The molecule has 0 aromatic heterocycles. The second-order valence-electron chi connectivity index (χ2n) is 6.74. The van der Waals surface area contributed by atoms with Gasteiger partial charge in [-0.1, -0.05) is 24.3 Å². The van der Waals surface area contributed by atoms with Gasteiger partial charge in [0.15, 0.2) is 0 Å². The minimum atomic E-state index is -0.266. The van der Waals surface area contributed by atoms with Gasteiger partial charge in [0.25, 0.3) is 11.1 Å². The van der Waals surface area contributed by atoms with E-state index >= 15 is 0 Å². The van der Waals surface area contributed by atoms with Crippen molar-refractivity contribution in [3.63, 3.8) is 0 Å². The van der Waals surface area contributed by atoms with Gasteiger partial charge in [-0.2, -0.15) is 0 Å². The first-order valence-corrected chi connectivity index (χ1v) is 11.3. The Hall–Kier alpha value is -1.44. The van der Waals surface area contributed by atoms with Crippen LogP contribution >= 0.6 is 23.5 Å². The van der Waals surface area contributed by atoms with Gasteiger partial charge in [0.2, 0.25) is 0 Å². The van der Waals surface area contributed by atoms with Crippen molar-refractivity contribution < 1.29 is 14.3 Å². The monoisotopic (exact) mass is 406 g/mol. The molecule has 5 nitrogen and oxygen atoms in total. The molecule has 0 aromatic carbocycles. The van der Waals surface area contributed by atoms with Crippen LogP contribution in [0.15, 0.2) is 46.9 Å². The molecule has 0 aromatic rings. The topological polar surface area (TPSA) is 58.6 Å². The van der Waals surface area contributed by atoms with Crippen molar-refractivity contribution >= 4 is 34.7 Å². The zero-order valence-corrected chi connectivity index (χ0v) is 17.0. The lowest BCUT2D eigenvalue weighted by Crippen LogP contribution is -2.28. The molecule has 0 radical (unpaired) electrons. The SMILES string of the molecule is O=C1NC(=O)/C(=C\C2CCC(OCCN3\C=C/C=C\C=C/SCC3)CC2)S1. The highest BCUT2D eigenvalue weighted by Gasteiger charge is 2.28. The van der Waals surface area contributed by atoms with Crippen molar-refractivity contribution in [1.82, 2.24) is 10.2 Å². The summed E-state index contributed by atoms with van der Waals surface area (Å²) in [7, 11) is 0. The van der Waals surface area contributed by atoms with E-state index in [4.69, 9.17) is 4.74 Å². The first kappa shape index (κ1) is 20.3. The Morgan fingerprint density at radius 2 is 1.96 bits per heavy atom. The van der Waals surface area contributed by atoms with Gasteiger partial charge >= 0.3 is 0 Å². The molecular formula is C20H26N2O3S2. The number of hydrogen-bond donors (Lipinski definition) is 1. The Balaban J connectivity index is 1.36. The molecule has 2 fully saturated rings. The third-order valence-electron chi connectivity index (χ3n) is 4.78. The van der Waals surface area contributed by atoms with Gasteiger partial charge in [0.05, 0.1) is 17.6 Å². The van der Waals surface area contributed by atoms with E-state index in [1.165, 1.54) is 0 Å². The normalized spacial score (nSPS) is 31.6. The average Bonchev–Trinajstić information content (AvgIpc) is 2.99. The number of amides is 2. The molecule has 2 aliphatic heterocycles. The third-order valence-corrected chi connectivity index (χ3v) is 6.38. The number of nitrogens with zero attached hydrogens (tertiary/aromatic N) is 1. The predicted octanol–water partition coefficient (Wildman–Crippen LogP) is 4.06. The maximum Gasteiger partial charge on any atom is 0.290 e. The van der Waals surface area contributed by atoms with Crippen LogP contribution in [0.5, 0.6) is 0 Å². The van der Waals surface area contributed by atoms with E-state index in [0.29, 0.717) is 16.9 Å². The Morgan fingerprint density at radius 1 is 1.15 bits per heavy atom. The number of carbonyl (C=O) groups excluding carboxylic acids is 2. The molecule has 7 heteroatoms. The van der Waals surface area contributed by atoms with Crippen LogP contribution in [0.4, 0.5) is 4.79 Å². The second-order valence-corrected chi connectivity index (χ2v) is 8.77. The minimum absolute atomic E-state index is 0.250. The van der Waals surface area contributed by atoms with Crippen LogP contribution in [0.2, 0.25) is 0 Å². The van der Waals surface area contributed by atoms with Gasteiger partial charge < -0.3 is 9.64 Å². The van der Waals surface area contributed by atoms with Crippen LogP contribution in [0.3, 0.4) is 0 Å². The van der Waals surface area contributed by atoms with Crippen molar-refractivity contribution in [1.29, 1.82) is 0 Å². The van der Waals surface area contributed by atoms with Crippen LogP contribution in [0, 0.1) is 5.92 Å². The summed E-state index contributed by atoms with van der Waals surface area (Å²) in [5.74, 6) is 1.19. The molecule has 3 aliphatic rings. The van der Waals surface area contributed by atoms with Crippen molar-refractivity contribution in [2.75, 3.05) is 25.4 Å². The highest BCUT2D eigenvalue weighted by atomic mass is 32.2. The largest absolute Gasteiger partial charge is 0.376 e. The van der Waals surface area contributed by atoms with Gasteiger partial charge in [-0.25, -0.2) is 0 Å². The number of rotatable bonds is 5. The summed E-state index contributed by atoms with van der Waals surface area (Å²) in [6.07, 6.45) is 16.7. The average molecular weight is 407 g/mol. The fourth-order valence-corrected chi connectivity index (χ4v) is 4.73. The van der Waals surface area contributed by atoms with Crippen molar-refractivity contribution in [2.45, 2.75) is 31.8 Å². The number of carbonyl (C=O) groups is 2. The van der Waals surface area contributed by atoms with E-state index in [9.17, 15) is 9.59 Å². The first-order chi connectivity index (χ1) is 13.2. The summed E-state index contributed by atoms with van der Waals surface area (Å²) < 4.78 is 6.10. The van der Waals surface area contributed by atoms with E-state index < -0.39 is 0 Å². The lowest BCUT2D eigenvalue weighted by atomic mass is 9.87. The smallest absolute Gasteiger partial charge is 0.290 e. The lowest BCUT2D eigenvalue weighted by Gasteiger charge is -2.28. The zero-order valence-electron chi connectivity index (χ0n) is 15.3. The summed E-state index contributed by atoms with van der Waals surface area (Å²) in [5, 5.41) is 4.17. The molecule has 1 N–H and O–H groups in total. The maximum absolute atomic E-state index is 11.6. The van der Waals surface area contributed by atoms with Gasteiger partial charge in [-0.05, 0) is 61.0 Å². The molecule has 3 rings (SSSR count). The van der Waals surface area contributed by atoms with E-state index in [2.05, 4.69) is 34.0 Å². The Labute approximate surface area is 169 Å². The molecule has 27 heavy (non-hydrogen) atoms. The van der Waals surface area contributed by atoms with E-state index in [-0.39, 0.29) is 11.1 Å². The summed E-state index contributed by atoms with van der Waals surface area (Å²) >= 11 is 2.84. The van der Waals surface area contributed by atoms with E-state index in [1.54, 1.807) is 0 Å². The molecule has 1 saturated carbocycles. The molecule has 146 valence electrons. The Kier molecular flexibility index (Phi) is 8.10. The number of ether oxygens (including phenoxy) is 1. The standard InChI is InChI=1S/C20H26N2O3S2/c23-19-18(27-20(24)21-19)15-16-5-7-17(8-6-16)25-12-10-22-9-3-1-2-4-13-26-14-11-22/h1-4,9,13,15-17H,5-8,10-12,14H2,(H,21,23,24)/b2-1-,9-3-,13-4-,18-15+. The fraction of sp³-hybridized carbons (Fsp3) is 0.500. The summed E-state index contributed by atoms with van der Waals surface area (Å²) in [6.45, 7) is 2.65. The number of hydrogen-bond acceptors (Lipinski definition) is 6. The number of thioether (sulfide) groups is 2. The van der Waals surface area contributed by atoms with Crippen LogP contribution in [-0.4, -0.2) is 47.6 Å². The molecule has 0 spiro atoms. The molecule has 1 saturated heterocycles.